The number of rotatable bonds is 1. The van der Waals surface area contributed by atoms with E-state index >= 15 is 0 Å². The number of amides is 1. The molecule has 1 N–H and O–H groups in total. The third-order valence-electron chi connectivity index (χ3n) is 5.97. The summed E-state index contributed by atoms with van der Waals surface area (Å²) in [6.45, 7) is 7.41. The van der Waals surface area contributed by atoms with Gasteiger partial charge < -0.3 is 14.5 Å². The highest BCUT2D eigenvalue weighted by molar-refractivity contribution is 6.20. The number of nitrogens with zero attached hydrogens (tertiary/aromatic N) is 3. The Kier molecular flexibility index (Phi) is 4.73. The first-order valence-corrected chi connectivity index (χ1v) is 10.9. The molecule has 32 heavy (non-hydrogen) atoms. The number of carbonyl (C=O) groups excluding carboxylic acids is 1. The molecule has 0 bridgehead atoms. The van der Waals surface area contributed by atoms with E-state index in [-0.39, 0.29) is 11.9 Å². The zero-order chi connectivity index (χ0) is 22.6. The second-order valence-corrected chi connectivity index (χ2v) is 9.58. The predicted octanol–water partition coefficient (Wildman–Crippen LogP) is 4.27. The molecule has 0 atom stereocenters. The summed E-state index contributed by atoms with van der Waals surface area (Å²) in [5.74, 6) is -0.258. The van der Waals surface area contributed by atoms with Crippen LogP contribution in [-0.4, -0.2) is 53.9 Å². The van der Waals surface area contributed by atoms with Crippen molar-refractivity contribution in [1.82, 2.24) is 15.2 Å². The van der Waals surface area contributed by atoms with Gasteiger partial charge in [0.2, 0.25) is 0 Å². The minimum absolute atomic E-state index is 0.258. The monoisotopic (exact) mass is 434 g/mol. The van der Waals surface area contributed by atoms with Crippen molar-refractivity contribution in [3.63, 3.8) is 0 Å². The summed E-state index contributed by atoms with van der Waals surface area (Å²) in [7, 11) is 2.02. The van der Waals surface area contributed by atoms with Crippen LogP contribution >= 0.6 is 0 Å². The lowest BCUT2D eigenvalue weighted by Gasteiger charge is -2.33. The van der Waals surface area contributed by atoms with E-state index in [1.54, 1.807) is 17.0 Å². The van der Waals surface area contributed by atoms with E-state index in [4.69, 9.17) is 4.74 Å². The van der Waals surface area contributed by atoms with Crippen LogP contribution in [0.15, 0.2) is 52.4 Å². The van der Waals surface area contributed by atoms with E-state index < -0.39 is 5.60 Å². The summed E-state index contributed by atoms with van der Waals surface area (Å²) in [6.07, 6.45) is 8.39. The number of likely N-dealkylation sites (N-methyl/N-ethyl adjacent to an activating group) is 1. The number of hydrazone groups is 1. The molecule has 5 rings (SSSR count). The minimum atomic E-state index is -0.515. The fourth-order valence-electron chi connectivity index (χ4n) is 4.57. The predicted molar refractivity (Wildman–Crippen MR) is 123 cm³/mol. The van der Waals surface area contributed by atoms with Crippen molar-refractivity contribution in [3.05, 3.63) is 69.8 Å². The molecule has 1 aromatic rings. The number of hydrogen-bond acceptors (Lipinski definition) is 5. The van der Waals surface area contributed by atoms with E-state index in [9.17, 15) is 9.18 Å². The Morgan fingerprint density at radius 1 is 1.25 bits per heavy atom. The summed E-state index contributed by atoms with van der Waals surface area (Å²) in [4.78, 5) is 16.3. The normalized spacial score (nSPS) is 19.5. The molecule has 1 aliphatic carbocycles. The molecule has 1 amide bonds. The fraction of sp³-hybridized carbons (Fsp3) is 0.360. The van der Waals surface area contributed by atoms with Gasteiger partial charge in [-0.25, -0.2) is 9.18 Å². The quantitative estimate of drug-likeness (QED) is 0.717. The Hall–Kier alpha value is -3.35. The summed E-state index contributed by atoms with van der Waals surface area (Å²) in [6, 6.07) is 3.14. The van der Waals surface area contributed by atoms with Crippen molar-refractivity contribution < 1.29 is 13.9 Å². The molecule has 3 aliphatic heterocycles. The van der Waals surface area contributed by atoms with Gasteiger partial charge in [-0.1, -0.05) is 12.2 Å². The number of fused-ring (bicyclic) bond motifs is 2. The van der Waals surface area contributed by atoms with E-state index in [2.05, 4.69) is 21.5 Å². The van der Waals surface area contributed by atoms with Crippen LogP contribution in [0.3, 0.4) is 0 Å². The molecular formula is C25H27FN4O2. The standard InChI is InChI=1S/C25H27FN4O2/c1-25(2,3)32-24(31)30-9-7-15(8-10-30)19-13-29(4)14-20-18-12-17(26)11-16-5-6-21(22(16)18)27-28-23(19)20/h5-7,11-12,14,28H,8-10,13H2,1-4H3. The van der Waals surface area contributed by atoms with Crippen LogP contribution in [0.2, 0.25) is 0 Å². The molecule has 0 saturated heterocycles. The number of hydrogen-bond donors (Lipinski definition) is 1. The van der Waals surface area contributed by atoms with Crippen molar-refractivity contribution in [3.8, 4) is 0 Å². The van der Waals surface area contributed by atoms with Crippen molar-refractivity contribution in [1.29, 1.82) is 0 Å². The Morgan fingerprint density at radius 2 is 2.06 bits per heavy atom. The second kappa shape index (κ2) is 7.36. The van der Waals surface area contributed by atoms with Gasteiger partial charge in [0.25, 0.3) is 0 Å². The van der Waals surface area contributed by atoms with Crippen LogP contribution in [0.25, 0.3) is 11.6 Å². The van der Waals surface area contributed by atoms with E-state index in [1.807, 2.05) is 46.2 Å². The Morgan fingerprint density at radius 3 is 2.78 bits per heavy atom. The number of halogens is 1. The molecule has 0 spiro atoms. The lowest BCUT2D eigenvalue weighted by atomic mass is 9.88. The second-order valence-electron chi connectivity index (χ2n) is 9.58. The van der Waals surface area contributed by atoms with E-state index in [0.29, 0.717) is 19.6 Å². The van der Waals surface area contributed by atoms with Crippen LogP contribution in [0.1, 0.15) is 43.9 Å². The van der Waals surface area contributed by atoms with Crippen LogP contribution in [0.5, 0.6) is 0 Å². The van der Waals surface area contributed by atoms with Gasteiger partial charge in [-0.2, -0.15) is 5.10 Å². The largest absolute Gasteiger partial charge is 0.444 e. The van der Waals surface area contributed by atoms with Gasteiger partial charge in [-0.3, -0.25) is 5.43 Å². The number of allylic oxidation sites excluding steroid dienone is 2. The molecule has 1 aromatic carbocycles. The third-order valence-corrected chi connectivity index (χ3v) is 5.97. The van der Waals surface area contributed by atoms with Gasteiger partial charge in [-0.05, 0) is 62.1 Å². The molecule has 6 nitrogen and oxygen atoms in total. The van der Waals surface area contributed by atoms with Crippen molar-refractivity contribution in [2.45, 2.75) is 32.8 Å². The average Bonchev–Trinajstić information content (AvgIpc) is 3.06. The zero-order valence-corrected chi connectivity index (χ0v) is 18.8. The molecule has 166 valence electrons. The van der Waals surface area contributed by atoms with Gasteiger partial charge >= 0.3 is 6.09 Å². The van der Waals surface area contributed by atoms with Gasteiger partial charge in [0.1, 0.15) is 11.4 Å². The van der Waals surface area contributed by atoms with Crippen molar-refractivity contribution in [2.24, 2.45) is 5.10 Å². The fourth-order valence-corrected chi connectivity index (χ4v) is 4.57. The third kappa shape index (κ3) is 3.61. The Bertz CT molecular complexity index is 1170. The maximum atomic E-state index is 14.4. The summed E-state index contributed by atoms with van der Waals surface area (Å²) < 4.78 is 19.9. The first-order chi connectivity index (χ1) is 15.2. The molecule has 0 saturated carbocycles. The van der Waals surface area contributed by atoms with Crippen LogP contribution in [-0.2, 0) is 4.74 Å². The van der Waals surface area contributed by atoms with Gasteiger partial charge in [0.15, 0.2) is 0 Å². The van der Waals surface area contributed by atoms with Crippen molar-refractivity contribution in [2.75, 3.05) is 26.7 Å². The van der Waals surface area contributed by atoms with Gasteiger partial charge in [-0.15, -0.1) is 0 Å². The number of carbonyl (C=O) groups is 1. The lowest BCUT2D eigenvalue weighted by Crippen LogP contribution is -2.39. The SMILES string of the molecule is CN1C=C2C(=C(C3=CCN(C(=O)OC(C)(C)C)CC3)C1)NN=C1C=Cc3cc(F)cc2c31. The summed E-state index contributed by atoms with van der Waals surface area (Å²) in [5, 5.41) is 4.63. The topological polar surface area (TPSA) is 57.2 Å². The van der Waals surface area contributed by atoms with Crippen LogP contribution in [0, 0.1) is 5.82 Å². The minimum Gasteiger partial charge on any atom is -0.444 e. The molecule has 7 heteroatoms. The molecule has 4 aliphatic rings. The van der Waals surface area contributed by atoms with Crippen LogP contribution in [0.4, 0.5) is 9.18 Å². The number of ether oxygens (including phenoxy) is 1. The van der Waals surface area contributed by atoms with Gasteiger partial charge in [0.05, 0.1) is 11.4 Å². The molecule has 0 unspecified atom stereocenters. The average molecular weight is 435 g/mol. The highest BCUT2D eigenvalue weighted by Gasteiger charge is 2.31. The smallest absolute Gasteiger partial charge is 0.410 e. The first kappa shape index (κ1) is 20.5. The Labute approximate surface area is 187 Å². The zero-order valence-electron chi connectivity index (χ0n) is 18.8. The molecular weight excluding hydrogens is 407 g/mol. The number of benzene rings is 1. The highest BCUT2D eigenvalue weighted by atomic mass is 19.1. The molecule has 0 aromatic heterocycles. The van der Waals surface area contributed by atoms with Crippen molar-refractivity contribution >= 4 is 23.5 Å². The maximum Gasteiger partial charge on any atom is 0.410 e. The van der Waals surface area contributed by atoms with E-state index in [0.717, 1.165) is 45.7 Å². The van der Waals surface area contributed by atoms with Gasteiger partial charge in [0, 0.05) is 49.6 Å². The molecule has 0 radical (unpaired) electrons. The number of nitrogens with one attached hydrogen (secondary N) is 1. The summed E-state index contributed by atoms with van der Waals surface area (Å²) >= 11 is 0. The first-order valence-electron chi connectivity index (χ1n) is 10.9. The summed E-state index contributed by atoms with van der Waals surface area (Å²) in [5.41, 5.74) is 10.4. The lowest BCUT2D eigenvalue weighted by molar-refractivity contribution is 0.0266. The maximum absolute atomic E-state index is 14.4. The molecule has 3 heterocycles. The van der Waals surface area contributed by atoms with E-state index in [1.165, 1.54) is 5.57 Å². The highest BCUT2D eigenvalue weighted by Crippen LogP contribution is 2.39. The Balaban J connectivity index is 1.51. The molecule has 0 fully saturated rings. The van der Waals surface area contributed by atoms with Crippen LogP contribution < -0.4 is 5.43 Å².